The lowest BCUT2D eigenvalue weighted by molar-refractivity contribution is -0.870. The number of hydrogen-bond acceptors (Lipinski definition) is 8. The summed E-state index contributed by atoms with van der Waals surface area (Å²) in [4.78, 5) is 37.4. The van der Waals surface area contributed by atoms with Crippen molar-refractivity contribution in [3.63, 3.8) is 0 Å². The largest absolute Gasteiger partial charge is 0.545 e. The molecule has 0 aromatic carbocycles. The van der Waals surface area contributed by atoms with Gasteiger partial charge in [-0.15, -0.1) is 0 Å². The fourth-order valence-corrected chi connectivity index (χ4v) is 11.0. The van der Waals surface area contributed by atoms with Gasteiger partial charge in [-0.2, -0.15) is 0 Å². The number of unbranched alkanes of at least 4 members (excludes halogenated alkanes) is 52. The number of nitrogens with zero attached hydrogens (tertiary/aromatic N) is 1. The van der Waals surface area contributed by atoms with Crippen LogP contribution in [0.4, 0.5) is 0 Å². The summed E-state index contributed by atoms with van der Waals surface area (Å²) in [5, 5.41) is 11.8. The van der Waals surface area contributed by atoms with Gasteiger partial charge in [0.25, 0.3) is 0 Å². The van der Waals surface area contributed by atoms with Gasteiger partial charge in [0.2, 0.25) is 0 Å². The topological polar surface area (TPSA) is 111 Å². The standard InChI is InChI=1S/C70H137NO8/c1-6-8-10-12-14-16-18-20-22-24-25-26-27-28-29-30-31-32-33-34-35-36-37-38-39-40-41-42-43-44-45-47-49-51-53-55-57-59-61-68(73)79-66(65-78-70(69(74)75)76-63-62-71(3,4)5)64-77-67(72)60-58-56-54-52-50-48-46-23-21-19-17-15-13-11-9-7-2/h66,70H,6-65H2,1-5H3. The molecule has 0 aliphatic carbocycles. The average molecular weight is 1120 g/mol. The minimum Gasteiger partial charge on any atom is -0.545 e. The SMILES string of the molecule is CCCCCCCCCCCCCCCCCCCCCCCCCCCCCCCCCCCCCCCCC(=O)OC(COC(=O)CCCCCCCCCCCCCCCCCC)COC(OCC[N+](C)(C)C)C(=O)[O-]. The molecule has 0 radical (unpaired) electrons. The van der Waals surface area contributed by atoms with Gasteiger partial charge in [0.15, 0.2) is 12.4 Å². The number of carboxylic acid groups (broad SMARTS) is 1. The molecule has 470 valence electrons. The van der Waals surface area contributed by atoms with Crippen molar-refractivity contribution in [1.29, 1.82) is 0 Å². The van der Waals surface area contributed by atoms with Crippen LogP contribution < -0.4 is 5.11 Å². The van der Waals surface area contributed by atoms with Crippen LogP contribution in [0.1, 0.15) is 373 Å². The highest BCUT2D eigenvalue weighted by Gasteiger charge is 2.22. The molecule has 9 heteroatoms. The third-order valence-corrected chi connectivity index (χ3v) is 16.4. The minimum absolute atomic E-state index is 0.153. The van der Waals surface area contributed by atoms with Gasteiger partial charge in [-0.05, 0) is 12.8 Å². The number of carbonyl (C=O) groups excluding carboxylic acids is 3. The van der Waals surface area contributed by atoms with Crippen LogP contribution in [0.25, 0.3) is 0 Å². The zero-order valence-corrected chi connectivity index (χ0v) is 53.8. The first-order chi connectivity index (χ1) is 38.6. The summed E-state index contributed by atoms with van der Waals surface area (Å²) < 4.78 is 22.8. The third-order valence-electron chi connectivity index (χ3n) is 16.4. The van der Waals surface area contributed by atoms with Gasteiger partial charge in [-0.3, -0.25) is 9.59 Å². The van der Waals surface area contributed by atoms with Gasteiger partial charge in [0.1, 0.15) is 13.2 Å². The van der Waals surface area contributed by atoms with Crippen LogP contribution >= 0.6 is 0 Å². The summed E-state index contributed by atoms with van der Waals surface area (Å²) in [6, 6.07) is 0. The van der Waals surface area contributed by atoms with E-state index in [2.05, 4.69) is 13.8 Å². The van der Waals surface area contributed by atoms with E-state index < -0.39 is 24.3 Å². The molecule has 9 nitrogen and oxygen atoms in total. The molecule has 0 rings (SSSR count). The molecule has 0 fully saturated rings. The van der Waals surface area contributed by atoms with E-state index in [1.54, 1.807) is 0 Å². The number of likely N-dealkylation sites (N-methyl/N-ethyl adjacent to an activating group) is 1. The Bertz CT molecular complexity index is 1260. The molecule has 79 heavy (non-hydrogen) atoms. The highest BCUT2D eigenvalue weighted by atomic mass is 16.7. The molecular formula is C70H137NO8. The summed E-state index contributed by atoms with van der Waals surface area (Å²) in [7, 11) is 5.94. The van der Waals surface area contributed by atoms with Crippen molar-refractivity contribution in [2.45, 2.75) is 386 Å². The Morgan fingerprint density at radius 3 is 0.810 bits per heavy atom. The maximum absolute atomic E-state index is 12.9. The van der Waals surface area contributed by atoms with Crippen LogP contribution in [0, 0.1) is 0 Å². The summed E-state index contributed by atoms with van der Waals surface area (Å²) in [6.45, 7) is 4.83. The lowest BCUT2D eigenvalue weighted by Crippen LogP contribution is -2.44. The van der Waals surface area contributed by atoms with Crippen LogP contribution in [0.3, 0.4) is 0 Å². The maximum Gasteiger partial charge on any atom is 0.306 e. The van der Waals surface area contributed by atoms with Crippen molar-refractivity contribution in [2.75, 3.05) is 47.5 Å². The number of carbonyl (C=O) groups is 3. The monoisotopic (exact) mass is 1120 g/mol. The van der Waals surface area contributed by atoms with Crippen LogP contribution in [-0.2, 0) is 33.3 Å². The Labute approximate surface area is 492 Å². The number of carboxylic acids is 1. The highest BCUT2D eigenvalue weighted by molar-refractivity contribution is 5.70. The van der Waals surface area contributed by atoms with E-state index in [0.717, 1.165) is 38.5 Å². The lowest BCUT2D eigenvalue weighted by Gasteiger charge is -2.26. The van der Waals surface area contributed by atoms with Gasteiger partial charge in [-0.25, -0.2) is 0 Å². The summed E-state index contributed by atoms with van der Waals surface area (Å²) in [5.41, 5.74) is 0. The lowest BCUT2D eigenvalue weighted by atomic mass is 10.0. The Hall–Kier alpha value is -1.71. The number of aliphatic carboxylic acids is 1. The van der Waals surface area contributed by atoms with E-state index in [0.29, 0.717) is 17.4 Å². The number of quaternary nitrogens is 1. The van der Waals surface area contributed by atoms with Gasteiger partial charge in [0, 0.05) is 12.8 Å². The molecule has 0 aromatic rings. The van der Waals surface area contributed by atoms with E-state index in [1.165, 1.54) is 308 Å². The summed E-state index contributed by atoms with van der Waals surface area (Å²) in [6.07, 6.45) is 70.7. The smallest absolute Gasteiger partial charge is 0.306 e. The van der Waals surface area contributed by atoms with E-state index in [1.807, 2.05) is 21.1 Å². The van der Waals surface area contributed by atoms with E-state index >= 15 is 0 Å². The van der Waals surface area contributed by atoms with Crippen molar-refractivity contribution in [1.82, 2.24) is 0 Å². The second-order valence-corrected chi connectivity index (χ2v) is 25.5. The first-order valence-electron chi connectivity index (χ1n) is 35.2. The van der Waals surface area contributed by atoms with Gasteiger partial charge >= 0.3 is 11.9 Å². The molecule has 2 atom stereocenters. The third kappa shape index (κ3) is 63.7. The van der Waals surface area contributed by atoms with Gasteiger partial charge < -0.3 is 33.3 Å². The Morgan fingerprint density at radius 1 is 0.329 bits per heavy atom. The van der Waals surface area contributed by atoms with Crippen LogP contribution in [0.5, 0.6) is 0 Å². The molecule has 0 aliphatic rings. The Kier molecular flexibility index (Phi) is 61.0. The van der Waals surface area contributed by atoms with E-state index in [-0.39, 0.29) is 32.2 Å². The van der Waals surface area contributed by atoms with Gasteiger partial charge in [0.05, 0.1) is 40.3 Å². The van der Waals surface area contributed by atoms with Crippen molar-refractivity contribution < 1.29 is 42.9 Å². The molecule has 2 unspecified atom stereocenters. The van der Waals surface area contributed by atoms with Crippen molar-refractivity contribution in [3.05, 3.63) is 0 Å². The molecule has 0 bridgehead atoms. The zero-order valence-electron chi connectivity index (χ0n) is 53.8. The van der Waals surface area contributed by atoms with Crippen molar-refractivity contribution >= 4 is 17.9 Å². The van der Waals surface area contributed by atoms with Crippen LogP contribution in [0.2, 0.25) is 0 Å². The predicted octanol–water partition coefficient (Wildman–Crippen LogP) is 20.1. The predicted molar refractivity (Wildman–Crippen MR) is 334 cm³/mol. The van der Waals surface area contributed by atoms with Gasteiger partial charge in [-0.1, -0.05) is 348 Å². The summed E-state index contributed by atoms with van der Waals surface area (Å²) >= 11 is 0. The van der Waals surface area contributed by atoms with E-state index in [4.69, 9.17) is 18.9 Å². The minimum atomic E-state index is -1.61. The number of hydrogen-bond donors (Lipinski definition) is 0. The Morgan fingerprint density at radius 2 is 0.570 bits per heavy atom. The second-order valence-electron chi connectivity index (χ2n) is 25.5. The summed E-state index contributed by atoms with van der Waals surface area (Å²) in [5.74, 6) is -2.25. The second kappa shape index (κ2) is 62.3. The Balaban J connectivity index is 3.91. The molecule has 0 N–H and O–H groups in total. The number of ether oxygens (including phenoxy) is 4. The highest BCUT2D eigenvalue weighted by Crippen LogP contribution is 2.20. The number of rotatable bonds is 67. The molecule has 0 aromatic heterocycles. The molecule has 0 saturated carbocycles. The van der Waals surface area contributed by atoms with Crippen molar-refractivity contribution in [3.8, 4) is 0 Å². The number of esters is 2. The fourth-order valence-electron chi connectivity index (χ4n) is 11.0. The molecule has 0 spiro atoms. The molecule has 0 amide bonds. The van der Waals surface area contributed by atoms with Crippen molar-refractivity contribution in [2.24, 2.45) is 0 Å². The molecule has 0 saturated heterocycles. The zero-order chi connectivity index (χ0) is 57.6. The molecule has 0 aliphatic heterocycles. The molecular weight excluding hydrogens is 983 g/mol. The van der Waals surface area contributed by atoms with Crippen LogP contribution in [-0.4, -0.2) is 82.3 Å². The molecule has 0 heterocycles. The normalized spacial score (nSPS) is 12.6. The maximum atomic E-state index is 12.9. The van der Waals surface area contributed by atoms with E-state index in [9.17, 15) is 19.5 Å². The first-order valence-corrected chi connectivity index (χ1v) is 35.2. The quantitative estimate of drug-likeness (QED) is 0.0256. The average Bonchev–Trinajstić information content (AvgIpc) is 3.42. The fraction of sp³-hybridized carbons (Fsp3) is 0.957. The first kappa shape index (κ1) is 77.3. The van der Waals surface area contributed by atoms with Crippen LogP contribution in [0.15, 0.2) is 0 Å².